The highest BCUT2D eigenvalue weighted by Crippen LogP contribution is 2.25. The summed E-state index contributed by atoms with van der Waals surface area (Å²) in [6, 6.07) is 2.13. The normalized spacial score (nSPS) is 40.8. The number of ether oxygens (including phenoxy) is 2. The molecule has 1 amide bonds. The Morgan fingerprint density at radius 3 is 3.07 bits per heavy atom. The molecule has 162 valence electrons. The molecule has 0 bridgehead atoms. The van der Waals surface area contributed by atoms with Gasteiger partial charge in [-0.15, -0.1) is 0 Å². The van der Waals surface area contributed by atoms with Crippen LogP contribution in [0.2, 0.25) is 0 Å². The number of hydrogen-bond acceptors (Lipinski definition) is 9. The highest BCUT2D eigenvalue weighted by atomic mass is 16.5. The van der Waals surface area contributed by atoms with Gasteiger partial charge in [0.05, 0.1) is 49.2 Å². The molecule has 4 saturated heterocycles. The number of nitrogens with zero attached hydrogens (tertiary/aromatic N) is 2. The zero-order valence-corrected chi connectivity index (χ0v) is 16.8. The Morgan fingerprint density at radius 2 is 2.28 bits per heavy atom. The van der Waals surface area contributed by atoms with E-state index in [4.69, 9.17) is 20.5 Å². The molecule has 7 unspecified atom stereocenters. The van der Waals surface area contributed by atoms with E-state index in [1.54, 1.807) is 0 Å². The molecule has 10 nitrogen and oxygen atoms in total. The number of rotatable bonds is 5. The molecule has 0 aromatic rings. The van der Waals surface area contributed by atoms with E-state index in [1.165, 1.54) is 0 Å². The summed E-state index contributed by atoms with van der Waals surface area (Å²) in [5, 5.41) is 20.9. The van der Waals surface area contributed by atoms with Crippen LogP contribution in [0.1, 0.15) is 25.7 Å². The van der Waals surface area contributed by atoms with Crippen LogP contribution in [0.3, 0.4) is 0 Å². The van der Waals surface area contributed by atoms with E-state index in [1.807, 2.05) is 5.01 Å². The molecule has 4 heterocycles. The minimum Gasteiger partial charge on any atom is -0.379 e. The zero-order valence-electron chi connectivity index (χ0n) is 16.8. The van der Waals surface area contributed by atoms with Crippen molar-refractivity contribution in [3.63, 3.8) is 0 Å². The fourth-order valence-electron chi connectivity index (χ4n) is 4.83. The Bertz CT molecular complexity index is 609. The molecule has 0 spiro atoms. The van der Waals surface area contributed by atoms with Crippen LogP contribution in [0.4, 0.5) is 0 Å². The smallest absolute Gasteiger partial charge is 0.229 e. The molecular weight excluding hydrogens is 374 g/mol. The molecule has 4 aliphatic heterocycles. The molecule has 0 aliphatic carbocycles. The number of nitriles is 1. The van der Waals surface area contributed by atoms with Crippen LogP contribution in [-0.2, 0) is 14.3 Å². The van der Waals surface area contributed by atoms with Gasteiger partial charge in [-0.25, -0.2) is 10.4 Å². The average molecular weight is 408 g/mol. The minimum absolute atomic E-state index is 0.0205. The topological polar surface area (TPSA) is 137 Å². The zero-order chi connectivity index (χ0) is 20.2. The molecule has 6 N–H and O–H groups in total. The van der Waals surface area contributed by atoms with Crippen LogP contribution >= 0.6 is 0 Å². The lowest BCUT2D eigenvalue weighted by Gasteiger charge is -2.38. The van der Waals surface area contributed by atoms with Crippen LogP contribution in [0.5, 0.6) is 0 Å². The molecule has 4 rings (SSSR count). The highest BCUT2D eigenvalue weighted by molar-refractivity contribution is 5.80. The van der Waals surface area contributed by atoms with Gasteiger partial charge < -0.3 is 25.8 Å². The standard InChI is InChI=1S/C19H33N7O3/c20-5-3-12-8-23-18-16(17(21)25-26(18)10-12)19(27)24-14-9-22-6-4-15(14)29-13-2-1-7-28-11-13/h12-18,22-23,25H,1-4,6-11,21H2,(H,24,27). The summed E-state index contributed by atoms with van der Waals surface area (Å²) >= 11 is 0. The van der Waals surface area contributed by atoms with Crippen molar-refractivity contribution >= 4 is 5.91 Å². The summed E-state index contributed by atoms with van der Waals surface area (Å²) in [7, 11) is 0. The van der Waals surface area contributed by atoms with Crippen molar-refractivity contribution in [2.24, 2.45) is 17.6 Å². The maximum absolute atomic E-state index is 13.2. The lowest BCUT2D eigenvalue weighted by Crippen LogP contribution is -2.61. The molecule has 7 atom stereocenters. The Kier molecular flexibility index (Phi) is 6.97. The van der Waals surface area contributed by atoms with Crippen LogP contribution in [-0.4, -0.2) is 80.9 Å². The molecule has 4 aliphatic rings. The number of hydrazine groups is 1. The van der Waals surface area contributed by atoms with Gasteiger partial charge in [0.1, 0.15) is 0 Å². The summed E-state index contributed by atoms with van der Waals surface area (Å²) < 4.78 is 11.8. The second-order valence-electron chi connectivity index (χ2n) is 8.54. The second-order valence-corrected chi connectivity index (χ2v) is 8.54. The van der Waals surface area contributed by atoms with Gasteiger partial charge in [0, 0.05) is 32.7 Å². The largest absolute Gasteiger partial charge is 0.379 e. The van der Waals surface area contributed by atoms with Crippen molar-refractivity contribution in [1.29, 1.82) is 5.26 Å². The van der Waals surface area contributed by atoms with E-state index < -0.39 is 12.1 Å². The van der Waals surface area contributed by atoms with Crippen LogP contribution in [0.15, 0.2) is 0 Å². The third kappa shape index (κ3) is 4.88. The maximum atomic E-state index is 13.2. The molecule has 4 fully saturated rings. The van der Waals surface area contributed by atoms with Gasteiger partial charge in [-0.2, -0.15) is 5.26 Å². The minimum atomic E-state index is -0.462. The number of fused-ring (bicyclic) bond motifs is 1. The van der Waals surface area contributed by atoms with Gasteiger partial charge in [-0.1, -0.05) is 0 Å². The van der Waals surface area contributed by atoms with Gasteiger partial charge in [0.15, 0.2) is 0 Å². The summed E-state index contributed by atoms with van der Waals surface area (Å²) in [6.07, 6.45) is 2.83. The third-order valence-electron chi connectivity index (χ3n) is 6.36. The van der Waals surface area contributed by atoms with Gasteiger partial charge in [0.25, 0.3) is 0 Å². The van der Waals surface area contributed by atoms with E-state index >= 15 is 0 Å². The fourth-order valence-corrected chi connectivity index (χ4v) is 4.83. The van der Waals surface area contributed by atoms with Crippen molar-refractivity contribution in [2.75, 3.05) is 39.4 Å². The van der Waals surface area contributed by atoms with E-state index in [0.29, 0.717) is 32.7 Å². The monoisotopic (exact) mass is 407 g/mol. The first-order valence-corrected chi connectivity index (χ1v) is 10.8. The van der Waals surface area contributed by atoms with Gasteiger partial charge in [-0.3, -0.25) is 10.1 Å². The number of hydrogen-bond donors (Lipinski definition) is 5. The maximum Gasteiger partial charge on any atom is 0.229 e. The lowest BCUT2D eigenvalue weighted by atomic mass is 9.96. The number of nitrogens with one attached hydrogen (secondary N) is 4. The lowest BCUT2D eigenvalue weighted by molar-refractivity contribution is -0.132. The SMILES string of the molecule is N#CCC1CNC2C(C(=O)NC3CNCCC3OC3CCCOC3)C(N)NN2C1. The van der Waals surface area contributed by atoms with E-state index in [2.05, 4.69) is 27.4 Å². The van der Waals surface area contributed by atoms with Crippen molar-refractivity contribution in [1.82, 2.24) is 26.4 Å². The molecular formula is C19H33N7O3. The number of piperidine rings is 1. The summed E-state index contributed by atoms with van der Waals surface area (Å²) in [5.74, 6) is -0.236. The molecule has 0 radical (unpaired) electrons. The van der Waals surface area contributed by atoms with Gasteiger partial charge in [0.2, 0.25) is 5.91 Å². The van der Waals surface area contributed by atoms with Gasteiger partial charge >= 0.3 is 0 Å². The van der Waals surface area contributed by atoms with Crippen molar-refractivity contribution in [2.45, 2.75) is 56.3 Å². The first-order valence-electron chi connectivity index (χ1n) is 10.8. The summed E-state index contributed by atoms with van der Waals surface area (Å²) in [4.78, 5) is 13.2. The van der Waals surface area contributed by atoms with Crippen molar-refractivity contribution in [3.05, 3.63) is 0 Å². The highest BCUT2D eigenvalue weighted by Gasteiger charge is 2.47. The van der Waals surface area contributed by atoms with Gasteiger partial charge in [-0.05, 0) is 31.7 Å². The van der Waals surface area contributed by atoms with Crippen molar-refractivity contribution < 1.29 is 14.3 Å². The van der Waals surface area contributed by atoms with Crippen LogP contribution < -0.4 is 27.1 Å². The predicted octanol–water partition coefficient (Wildman–Crippen LogP) is -1.79. The van der Waals surface area contributed by atoms with E-state index in [0.717, 1.165) is 32.4 Å². The second kappa shape index (κ2) is 9.66. The Hall–Kier alpha value is -1.32. The Morgan fingerprint density at radius 1 is 1.38 bits per heavy atom. The predicted molar refractivity (Wildman–Crippen MR) is 105 cm³/mol. The number of amides is 1. The molecule has 0 aromatic carbocycles. The summed E-state index contributed by atoms with van der Waals surface area (Å²) in [6.45, 7) is 4.43. The van der Waals surface area contributed by atoms with E-state index in [-0.39, 0.29) is 36.2 Å². The van der Waals surface area contributed by atoms with Crippen LogP contribution in [0, 0.1) is 23.2 Å². The molecule has 0 aromatic heterocycles. The first-order chi connectivity index (χ1) is 14.2. The fraction of sp³-hybridized carbons (Fsp3) is 0.895. The van der Waals surface area contributed by atoms with E-state index in [9.17, 15) is 4.79 Å². The van der Waals surface area contributed by atoms with Crippen molar-refractivity contribution in [3.8, 4) is 6.07 Å². The van der Waals surface area contributed by atoms with Crippen LogP contribution in [0.25, 0.3) is 0 Å². The quantitative estimate of drug-likeness (QED) is 0.358. The average Bonchev–Trinajstić information content (AvgIpc) is 3.05. The first kappa shape index (κ1) is 20.9. The molecule has 29 heavy (non-hydrogen) atoms. The Labute approximate surface area is 171 Å². The number of carbonyl (C=O) groups is 1. The third-order valence-corrected chi connectivity index (χ3v) is 6.36. The Balaban J connectivity index is 1.35. The number of carbonyl (C=O) groups excluding carboxylic acids is 1. The molecule has 0 saturated carbocycles. The molecule has 10 heteroatoms. The number of nitrogens with two attached hydrogens (primary N) is 1. The summed E-state index contributed by atoms with van der Waals surface area (Å²) in [5.41, 5.74) is 9.47.